The summed E-state index contributed by atoms with van der Waals surface area (Å²) in [6.45, 7) is 0. The molecular formula is C6H6S4Se. The van der Waals surface area contributed by atoms with Crippen LogP contribution in [0.4, 0.5) is 0 Å². The van der Waals surface area contributed by atoms with Crippen LogP contribution in [-0.4, -0.2) is 27.1 Å². The first-order valence-electron chi connectivity index (χ1n) is 3.26. The van der Waals surface area contributed by atoms with Crippen molar-refractivity contribution in [2.45, 2.75) is 14.8 Å². The predicted octanol–water partition coefficient (Wildman–Crippen LogP) is 3.10. The van der Waals surface area contributed by atoms with Gasteiger partial charge in [-0.2, -0.15) is 0 Å². The van der Waals surface area contributed by atoms with Crippen molar-refractivity contribution in [1.29, 1.82) is 0 Å². The third-order valence-electron chi connectivity index (χ3n) is 1.27. The van der Waals surface area contributed by atoms with E-state index in [4.69, 9.17) is 0 Å². The molecule has 0 atom stereocenters. The summed E-state index contributed by atoms with van der Waals surface area (Å²) in [6.07, 6.45) is 1.35. The van der Waals surface area contributed by atoms with Gasteiger partial charge in [0.2, 0.25) is 0 Å². The monoisotopic (exact) mass is 286 g/mol. The van der Waals surface area contributed by atoms with E-state index in [2.05, 4.69) is 15.6 Å². The fourth-order valence-corrected chi connectivity index (χ4v) is 8.08. The van der Waals surface area contributed by atoms with Crippen LogP contribution in [0, 0.1) is 2.69 Å². The summed E-state index contributed by atoms with van der Waals surface area (Å²) in [4.78, 5) is 0. The Labute approximate surface area is 90.2 Å². The minimum atomic E-state index is 1.30. The number of hydrogen-bond donors (Lipinski definition) is 0. The molecule has 0 saturated heterocycles. The van der Waals surface area contributed by atoms with Crippen LogP contribution < -0.4 is 0 Å². The summed E-state index contributed by atoms with van der Waals surface area (Å²) in [5, 5.41) is 0. The van der Waals surface area contributed by atoms with Crippen molar-refractivity contribution in [2.24, 2.45) is 0 Å². The van der Waals surface area contributed by atoms with Crippen molar-refractivity contribution in [3.63, 3.8) is 0 Å². The van der Waals surface area contributed by atoms with Crippen LogP contribution in [0.2, 0.25) is 0 Å². The molecule has 0 aromatic carbocycles. The molecule has 0 spiro atoms. The molecule has 0 aliphatic carbocycles. The zero-order chi connectivity index (χ0) is 7.68. The molecule has 2 heterocycles. The van der Waals surface area contributed by atoms with Gasteiger partial charge in [0, 0.05) is 0 Å². The first-order valence-corrected chi connectivity index (χ1v) is 7.72. The Morgan fingerprint density at radius 3 is 2.09 bits per heavy atom. The van der Waals surface area contributed by atoms with E-state index < -0.39 is 0 Å². The van der Waals surface area contributed by atoms with E-state index in [0.29, 0.717) is 0 Å². The molecule has 1 aromatic heterocycles. The molecule has 0 nitrogen and oxygen atoms in total. The van der Waals surface area contributed by atoms with E-state index in [1.54, 1.807) is 0 Å². The average Bonchev–Trinajstić information content (AvgIpc) is 2.17. The summed E-state index contributed by atoms with van der Waals surface area (Å²) in [7, 11) is 0. The zero-order valence-corrected chi connectivity index (χ0v) is 10.6. The van der Waals surface area contributed by atoms with E-state index in [-0.39, 0.29) is 0 Å². The quantitative estimate of drug-likeness (QED) is 0.672. The summed E-state index contributed by atoms with van der Waals surface area (Å²) < 4.78 is 4.44. The fourth-order valence-electron chi connectivity index (χ4n) is 0.821. The van der Waals surface area contributed by atoms with Gasteiger partial charge >= 0.3 is 90.8 Å². The normalized spacial score (nSPS) is 17.5. The van der Waals surface area contributed by atoms with E-state index in [1.165, 1.54) is 29.0 Å². The van der Waals surface area contributed by atoms with E-state index in [1.807, 2.05) is 46.2 Å². The van der Waals surface area contributed by atoms with Crippen molar-refractivity contribution >= 4 is 61.8 Å². The van der Waals surface area contributed by atoms with Crippen molar-refractivity contribution in [2.75, 3.05) is 11.5 Å². The zero-order valence-electron chi connectivity index (χ0n) is 5.66. The number of fused-ring (bicyclic) bond motifs is 1. The molecule has 0 radical (unpaired) electrons. The van der Waals surface area contributed by atoms with E-state index >= 15 is 0 Å². The third kappa shape index (κ3) is 2.14. The molecule has 1 aliphatic rings. The van der Waals surface area contributed by atoms with Gasteiger partial charge in [-0.1, -0.05) is 0 Å². The molecule has 0 unspecified atom stereocenters. The molecule has 0 bridgehead atoms. The SMILES string of the molecule is [Se]=c1sc2c(s1)SCCCS2. The van der Waals surface area contributed by atoms with Gasteiger partial charge in [0.05, 0.1) is 0 Å². The van der Waals surface area contributed by atoms with Crippen molar-refractivity contribution in [3.8, 4) is 0 Å². The van der Waals surface area contributed by atoms with Crippen LogP contribution in [0.25, 0.3) is 0 Å². The Balaban J connectivity index is 2.39. The van der Waals surface area contributed by atoms with Gasteiger partial charge < -0.3 is 0 Å². The number of thioether (sulfide) groups is 2. The van der Waals surface area contributed by atoms with Gasteiger partial charge in [0.15, 0.2) is 0 Å². The minimum absolute atomic E-state index is 1.30. The predicted molar refractivity (Wildman–Crippen MR) is 57.3 cm³/mol. The molecule has 0 amide bonds. The van der Waals surface area contributed by atoms with Gasteiger partial charge in [0.25, 0.3) is 0 Å². The van der Waals surface area contributed by atoms with E-state index in [0.717, 1.165) is 0 Å². The number of hydrogen-bond acceptors (Lipinski definition) is 4. The van der Waals surface area contributed by atoms with Crippen molar-refractivity contribution < 1.29 is 0 Å². The second-order valence-electron chi connectivity index (χ2n) is 2.08. The molecule has 5 heteroatoms. The maximum absolute atomic E-state index is 3.09. The fraction of sp³-hybridized carbons (Fsp3) is 0.500. The Hall–Kier alpha value is 1.27. The first-order chi connectivity index (χ1) is 5.36. The van der Waals surface area contributed by atoms with Gasteiger partial charge in [-0.25, -0.2) is 0 Å². The molecule has 1 aromatic rings. The van der Waals surface area contributed by atoms with Crippen LogP contribution >= 0.6 is 46.2 Å². The van der Waals surface area contributed by atoms with Crippen LogP contribution in [0.15, 0.2) is 8.42 Å². The molecule has 1 aliphatic heterocycles. The third-order valence-corrected chi connectivity index (χ3v) is 7.58. The summed E-state index contributed by atoms with van der Waals surface area (Å²) >= 11 is 10.9. The maximum atomic E-state index is 3.09. The van der Waals surface area contributed by atoms with Crippen LogP contribution in [0.3, 0.4) is 0 Å². The number of rotatable bonds is 0. The Kier molecular flexibility index (Phi) is 3.21. The molecule has 0 N–H and O–H groups in total. The van der Waals surface area contributed by atoms with Gasteiger partial charge in [-0.3, -0.25) is 0 Å². The van der Waals surface area contributed by atoms with Crippen LogP contribution in [0.1, 0.15) is 6.42 Å². The second kappa shape index (κ2) is 3.99. The van der Waals surface area contributed by atoms with Crippen LogP contribution in [0.5, 0.6) is 0 Å². The topological polar surface area (TPSA) is 0 Å². The average molecular weight is 285 g/mol. The summed E-state index contributed by atoms with van der Waals surface area (Å²) in [5.41, 5.74) is 0. The molecule has 2 rings (SSSR count). The summed E-state index contributed by atoms with van der Waals surface area (Å²) in [5.74, 6) is 2.60. The van der Waals surface area contributed by atoms with E-state index in [9.17, 15) is 0 Å². The van der Waals surface area contributed by atoms with Gasteiger partial charge in [-0.15, -0.1) is 0 Å². The van der Waals surface area contributed by atoms with Crippen LogP contribution in [-0.2, 0) is 0 Å². The standard InChI is InChI=1S/C6H6S4Se/c11-6-9-4-5(10-6)8-3-1-2-7-4/h1-3H2. The second-order valence-corrected chi connectivity index (χ2v) is 9.13. The Morgan fingerprint density at radius 2 is 1.55 bits per heavy atom. The van der Waals surface area contributed by atoms with Crippen molar-refractivity contribution in [3.05, 3.63) is 2.69 Å². The van der Waals surface area contributed by atoms with Gasteiger partial charge in [-0.05, 0) is 0 Å². The molecule has 60 valence electrons. The molecule has 0 fully saturated rings. The van der Waals surface area contributed by atoms with Crippen molar-refractivity contribution in [1.82, 2.24) is 0 Å². The Morgan fingerprint density at radius 1 is 1.00 bits per heavy atom. The first kappa shape index (κ1) is 8.85. The van der Waals surface area contributed by atoms with Gasteiger partial charge in [0.1, 0.15) is 0 Å². The Bertz CT molecular complexity index is 273. The molecule has 11 heavy (non-hydrogen) atoms. The summed E-state index contributed by atoms with van der Waals surface area (Å²) in [6, 6.07) is 0. The molecule has 0 saturated carbocycles. The molecular weight excluding hydrogens is 279 g/mol.